The van der Waals surface area contributed by atoms with Gasteiger partial charge in [-0.2, -0.15) is 10.2 Å². The number of nitrogens with zero attached hydrogens (tertiary/aromatic N) is 10. The molecule has 8 rings (SSSR count). The Labute approximate surface area is 284 Å². The molecule has 2 N–H and O–H groups in total. The van der Waals surface area contributed by atoms with Crippen LogP contribution in [-0.4, -0.2) is 51.3 Å². The van der Waals surface area contributed by atoms with Crippen LogP contribution in [0.1, 0.15) is 22.7 Å². The van der Waals surface area contributed by atoms with Crippen molar-refractivity contribution in [3.05, 3.63) is 132 Å². The molecule has 1 atom stereocenters. The van der Waals surface area contributed by atoms with E-state index in [0.29, 0.717) is 58.7 Å². The van der Waals surface area contributed by atoms with Crippen molar-refractivity contribution in [2.75, 3.05) is 10.6 Å². The van der Waals surface area contributed by atoms with Crippen molar-refractivity contribution >= 4 is 68.2 Å². The van der Waals surface area contributed by atoms with Crippen LogP contribution in [0.5, 0.6) is 0 Å². The number of halogens is 1. The Kier molecular flexibility index (Phi) is 9.14. The number of anilines is 2. The summed E-state index contributed by atoms with van der Waals surface area (Å²) in [6, 6.07) is 10.4. The average molecular weight is 669 g/mol. The standard InChI is InChI=1S/C17H12N6O.C9H6N2O.C8H7ClN4/c1-3-6-23-8-12-15(19-9-20-16(12)22-23)14-11-7-10(18-2)4-5-13(11)21-17(14)24;1-10-7-2-3-8-6(4-7)5-9(12)11-8;1-2-3-13-4-6-7(9)10-5-11-8(6)12-13/h3-5,7-9,14H,1,6H2,(H,21,24);2-4H,5H2,(H,11,12);2,4-5H,1,3H2. The number of amides is 2. The van der Waals surface area contributed by atoms with Gasteiger partial charge in [0, 0.05) is 23.8 Å². The molecule has 2 amide bonds. The topological polar surface area (TPSA) is 154 Å². The molecule has 0 fully saturated rings. The first-order valence-corrected chi connectivity index (χ1v) is 15.1. The van der Waals surface area contributed by atoms with E-state index in [-0.39, 0.29) is 11.8 Å². The highest BCUT2D eigenvalue weighted by molar-refractivity contribution is 6.33. The summed E-state index contributed by atoms with van der Waals surface area (Å²) >= 11 is 5.84. The molecule has 0 saturated heterocycles. The van der Waals surface area contributed by atoms with E-state index in [1.165, 1.54) is 12.7 Å². The minimum atomic E-state index is -0.575. The van der Waals surface area contributed by atoms with E-state index in [0.717, 1.165) is 27.6 Å². The number of carbonyl (C=O) groups is 2. The van der Waals surface area contributed by atoms with Gasteiger partial charge in [0.2, 0.25) is 11.8 Å². The fourth-order valence-electron chi connectivity index (χ4n) is 5.32. The van der Waals surface area contributed by atoms with Crippen LogP contribution in [0.25, 0.3) is 31.8 Å². The number of aromatic nitrogens is 8. The van der Waals surface area contributed by atoms with E-state index < -0.39 is 5.92 Å². The summed E-state index contributed by atoms with van der Waals surface area (Å²) in [6.45, 7) is 22.5. The summed E-state index contributed by atoms with van der Waals surface area (Å²) in [4.78, 5) is 46.5. The van der Waals surface area contributed by atoms with Gasteiger partial charge in [-0.05, 0) is 23.3 Å². The molecule has 15 heteroatoms. The first-order valence-electron chi connectivity index (χ1n) is 14.7. The van der Waals surface area contributed by atoms with Gasteiger partial charge in [0.15, 0.2) is 22.7 Å². The predicted octanol–water partition coefficient (Wildman–Crippen LogP) is 6.04. The summed E-state index contributed by atoms with van der Waals surface area (Å²) < 4.78 is 3.43. The molecule has 6 heterocycles. The van der Waals surface area contributed by atoms with Gasteiger partial charge in [-0.25, -0.2) is 29.6 Å². The molecule has 1 unspecified atom stereocenters. The van der Waals surface area contributed by atoms with Gasteiger partial charge in [0.05, 0.1) is 49.1 Å². The summed E-state index contributed by atoms with van der Waals surface area (Å²) in [5.41, 5.74) is 6.04. The number of hydrogen-bond acceptors (Lipinski definition) is 8. The van der Waals surface area contributed by atoms with Crippen molar-refractivity contribution in [1.82, 2.24) is 39.5 Å². The highest BCUT2D eigenvalue weighted by Gasteiger charge is 2.34. The first-order chi connectivity index (χ1) is 23.8. The molecule has 0 aliphatic carbocycles. The molecule has 6 aromatic rings. The second kappa shape index (κ2) is 13.9. The molecule has 2 aliphatic rings. The number of benzene rings is 2. The van der Waals surface area contributed by atoms with Crippen molar-refractivity contribution in [2.45, 2.75) is 25.4 Å². The van der Waals surface area contributed by atoms with Crippen molar-refractivity contribution in [1.29, 1.82) is 0 Å². The molecule has 4 aromatic heterocycles. The second-order valence-corrected chi connectivity index (χ2v) is 11.0. The predicted molar refractivity (Wildman–Crippen MR) is 184 cm³/mol. The van der Waals surface area contributed by atoms with Gasteiger partial charge >= 0.3 is 0 Å². The molecule has 240 valence electrons. The Morgan fingerprint density at radius 3 is 2.10 bits per heavy atom. The summed E-state index contributed by atoms with van der Waals surface area (Å²) in [7, 11) is 0. The maximum atomic E-state index is 12.5. The monoisotopic (exact) mass is 668 g/mol. The van der Waals surface area contributed by atoms with Gasteiger partial charge < -0.3 is 10.6 Å². The van der Waals surface area contributed by atoms with E-state index >= 15 is 0 Å². The number of carbonyl (C=O) groups excluding carboxylic acids is 2. The molecule has 14 nitrogen and oxygen atoms in total. The Morgan fingerprint density at radius 1 is 0.837 bits per heavy atom. The smallest absolute Gasteiger partial charge is 0.238 e. The molecule has 0 spiro atoms. The van der Waals surface area contributed by atoms with Crippen LogP contribution in [0.3, 0.4) is 0 Å². The lowest BCUT2D eigenvalue weighted by atomic mass is 9.95. The molecule has 49 heavy (non-hydrogen) atoms. The number of hydrogen-bond donors (Lipinski definition) is 2. The Morgan fingerprint density at radius 2 is 1.45 bits per heavy atom. The number of fused-ring (bicyclic) bond motifs is 4. The second-order valence-electron chi connectivity index (χ2n) is 10.7. The Bertz CT molecular complexity index is 2370. The SMILES string of the molecule is C=CCn1cc2c(Cl)ncnc2n1.[C-]#[N+]c1ccc2c(c1)C(c1ncnc3nn(CC=C)cc13)C(=O)N2.[C-]#[N+]c1ccc2c(c1)CC(=O)N2. The largest absolute Gasteiger partial charge is 0.326 e. The molecule has 0 radical (unpaired) electrons. The van der Waals surface area contributed by atoms with Gasteiger partial charge in [-0.1, -0.05) is 48.0 Å². The van der Waals surface area contributed by atoms with Crippen LogP contribution in [0.15, 0.2) is 86.8 Å². The minimum Gasteiger partial charge on any atom is -0.326 e. The lowest BCUT2D eigenvalue weighted by Crippen LogP contribution is -2.14. The van der Waals surface area contributed by atoms with Crippen molar-refractivity contribution in [3.63, 3.8) is 0 Å². The van der Waals surface area contributed by atoms with Gasteiger partial charge in [-0.3, -0.25) is 19.0 Å². The minimum absolute atomic E-state index is 0.00660. The third kappa shape index (κ3) is 6.71. The first kappa shape index (κ1) is 32.2. The maximum absolute atomic E-state index is 12.5. The highest BCUT2D eigenvalue weighted by Crippen LogP contribution is 2.40. The normalized spacial score (nSPS) is 13.8. The maximum Gasteiger partial charge on any atom is 0.238 e. The Balaban J connectivity index is 0.000000140. The fourth-order valence-corrected chi connectivity index (χ4v) is 5.49. The molecule has 0 saturated carbocycles. The fraction of sp³-hybridized carbons (Fsp3) is 0.118. The van der Waals surface area contributed by atoms with Crippen molar-refractivity contribution in [2.24, 2.45) is 0 Å². The van der Waals surface area contributed by atoms with Crippen molar-refractivity contribution in [3.8, 4) is 0 Å². The molecular formula is C34H25ClN12O2. The highest BCUT2D eigenvalue weighted by atomic mass is 35.5. The van der Waals surface area contributed by atoms with Crippen LogP contribution in [0.2, 0.25) is 5.15 Å². The average Bonchev–Trinajstić information content (AvgIpc) is 3.88. The molecular weight excluding hydrogens is 644 g/mol. The third-order valence-electron chi connectivity index (χ3n) is 7.45. The van der Waals surface area contributed by atoms with E-state index in [1.807, 2.05) is 6.20 Å². The third-order valence-corrected chi connectivity index (χ3v) is 7.76. The number of allylic oxidation sites excluding steroid dienone is 2. The van der Waals surface area contributed by atoms with Gasteiger partial charge in [-0.15, -0.1) is 13.2 Å². The zero-order valence-corrected chi connectivity index (χ0v) is 26.5. The van der Waals surface area contributed by atoms with Crippen LogP contribution in [0, 0.1) is 13.1 Å². The van der Waals surface area contributed by atoms with Crippen LogP contribution >= 0.6 is 11.6 Å². The molecule has 0 bridgehead atoms. The van der Waals surface area contributed by atoms with E-state index in [2.05, 4.69) is 63.6 Å². The van der Waals surface area contributed by atoms with E-state index in [1.54, 1.807) is 64.1 Å². The van der Waals surface area contributed by atoms with E-state index in [4.69, 9.17) is 24.7 Å². The van der Waals surface area contributed by atoms with Gasteiger partial charge in [0.25, 0.3) is 0 Å². The Hall–Kier alpha value is -6.77. The summed E-state index contributed by atoms with van der Waals surface area (Å²) in [6.07, 6.45) is 10.3. The molecule has 2 aromatic carbocycles. The summed E-state index contributed by atoms with van der Waals surface area (Å²) in [5, 5.41) is 16.0. The van der Waals surface area contributed by atoms with Crippen LogP contribution < -0.4 is 10.6 Å². The van der Waals surface area contributed by atoms with Crippen LogP contribution in [-0.2, 0) is 29.1 Å². The molecule has 2 aliphatic heterocycles. The van der Waals surface area contributed by atoms with Gasteiger partial charge in [0.1, 0.15) is 23.7 Å². The number of nitrogens with one attached hydrogen (secondary N) is 2. The lowest BCUT2D eigenvalue weighted by molar-refractivity contribution is -0.116. The van der Waals surface area contributed by atoms with Crippen LogP contribution in [0.4, 0.5) is 22.7 Å². The number of rotatable bonds is 5. The zero-order valence-electron chi connectivity index (χ0n) is 25.7. The quantitative estimate of drug-likeness (QED) is 0.128. The van der Waals surface area contributed by atoms with Crippen molar-refractivity contribution < 1.29 is 9.59 Å². The van der Waals surface area contributed by atoms with E-state index in [9.17, 15) is 9.59 Å². The zero-order chi connectivity index (χ0) is 34.5. The lowest BCUT2D eigenvalue weighted by Gasteiger charge is -2.09. The summed E-state index contributed by atoms with van der Waals surface area (Å²) in [5.74, 6) is -0.732.